The third-order valence-corrected chi connectivity index (χ3v) is 4.13. The number of hydrogen-bond acceptors (Lipinski definition) is 3. The van der Waals surface area contributed by atoms with Gasteiger partial charge in [-0.2, -0.15) is 13.2 Å². The number of nitrogens with zero attached hydrogens (tertiary/aromatic N) is 1. The number of nitrogens with one attached hydrogen (secondary N) is 1. The lowest BCUT2D eigenvalue weighted by molar-refractivity contribution is -0.125. The van der Waals surface area contributed by atoms with Gasteiger partial charge in [-0.05, 0) is 43.5 Å². The molecular formula is C18H17F5N2O. The second kappa shape index (κ2) is 7.19. The van der Waals surface area contributed by atoms with Gasteiger partial charge < -0.3 is 10.1 Å². The molecule has 1 aliphatic rings. The molecule has 0 bridgehead atoms. The van der Waals surface area contributed by atoms with Crippen molar-refractivity contribution in [2.24, 2.45) is 0 Å². The van der Waals surface area contributed by atoms with Gasteiger partial charge in [0.2, 0.25) is 5.88 Å². The van der Waals surface area contributed by atoms with Crippen LogP contribution in [0.25, 0.3) is 11.1 Å². The van der Waals surface area contributed by atoms with Crippen LogP contribution < -0.4 is 10.1 Å². The topological polar surface area (TPSA) is 34.1 Å². The molecule has 0 spiro atoms. The molecule has 2 heterocycles. The van der Waals surface area contributed by atoms with Crippen molar-refractivity contribution in [3.63, 3.8) is 0 Å². The smallest absolute Gasteiger partial charge is 0.401 e. The van der Waals surface area contributed by atoms with Gasteiger partial charge in [0.05, 0.1) is 6.54 Å². The molecule has 26 heavy (non-hydrogen) atoms. The summed E-state index contributed by atoms with van der Waals surface area (Å²) in [5.41, 5.74) is 2.05. The quantitative estimate of drug-likeness (QED) is 0.818. The summed E-state index contributed by atoms with van der Waals surface area (Å²) in [5, 5.41) is 2.32. The summed E-state index contributed by atoms with van der Waals surface area (Å²) in [5.74, 6) is -1.07. The van der Waals surface area contributed by atoms with E-state index in [1.807, 2.05) is 0 Å². The van der Waals surface area contributed by atoms with Gasteiger partial charge in [-0.1, -0.05) is 0 Å². The highest BCUT2D eigenvalue weighted by Crippen LogP contribution is 2.36. The van der Waals surface area contributed by atoms with Crippen LogP contribution in [0.3, 0.4) is 0 Å². The molecule has 0 saturated carbocycles. The number of rotatable bonds is 4. The number of hydrogen-bond donors (Lipinski definition) is 1. The average Bonchev–Trinajstić information content (AvgIpc) is 2.52. The standard InChI is InChI=1S/C18H17F5N2O/c1-10-6-15(13-4-2-11(19)7-16(13)20)14-5-3-12(26-17(14)25-10)8-24-9-18(21,22)23/h2,4,6-7,12,24H,3,5,8-9H2,1H3. The third kappa shape index (κ3) is 4.30. The Morgan fingerprint density at radius 2 is 1.96 bits per heavy atom. The Morgan fingerprint density at radius 1 is 1.19 bits per heavy atom. The van der Waals surface area contributed by atoms with Crippen molar-refractivity contribution < 1.29 is 26.7 Å². The van der Waals surface area contributed by atoms with Crippen molar-refractivity contribution in [1.82, 2.24) is 10.3 Å². The van der Waals surface area contributed by atoms with Crippen molar-refractivity contribution in [1.29, 1.82) is 0 Å². The fourth-order valence-electron chi connectivity index (χ4n) is 3.00. The van der Waals surface area contributed by atoms with Gasteiger partial charge in [-0.3, -0.25) is 0 Å². The maximum absolute atomic E-state index is 14.2. The highest BCUT2D eigenvalue weighted by atomic mass is 19.4. The number of aromatic nitrogens is 1. The molecule has 2 aromatic rings. The second-order valence-electron chi connectivity index (χ2n) is 6.24. The summed E-state index contributed by atoms with van der Waals surface area (Å²) in [6.07, 6.45) is -3.79. The predicted molar refractivity (Wildman–Crippen MR) is 86.0 cm³/mol. The van der Waals surface area contributed by atoms with E-state index < -0.39 is 30.5 Å². The molecule has 0 saturated heterocycles. The van der Waals surface area contributed by atoms with Gasteiger partial charge in [0.1, 0.15) is 17.7 Å². The summed E-state index contributed by atoms with van der Waals surface area (Å²) >= 11 is 0. The molecule has 0 fully saturated rings. The van der Waals surface area contributed by atoms with Crippen molar-refractivity contribution in [3.05, 3.63) is 47.2 Å². The number of fused-ring (bicyclic) bond motifs is 1. The van der Waals surface area contributed by atoms with Crippen molar-refractivity contribution in [3.8, 4) is 17.0 Å². The molecule has 1 N–H and O–H groups in total. The molecule has 1 aromatic heterocycles. The van der Waals surface area contributed by atoms with Gasteiger partial charge >= 0.3 is 6.18 Å². The van der Waals surface area contributed by atoms with Crippen LogP contribution in [0.1, 0.15) is 17.7 Å². The largest absolute Gasteiger partial charge is 0.473 e. The first-order chi connectivity index (χ1) is 12.2. The van der Waals surface area contributed by atoms with Crippen LogP contribution in [0, 0.1) is 18.6 Å². The molecule has 1 unspecified atom stereocenters. The molecule has 140 valence electrons. The molecule has 0 radical (unpaired) electrons. The fraction of sp³-hybridized carbons (Fsp3) is 0.389. The summed E-state index contributed by atoms with van der Waals surface area (Å²) in [6.45, 7) is 0.655. The van der Waals surface area contributed by atoms with Crippen molar-refractivity contribution >= 4 is 0 Å². The van der Waals surface area contributed by atoms with Crippen LogP contribution in [-0.4, -0.2) is 30.4 Å². The van der Waals surface area contributed by atoms with Crippen molar-refractivity contribution in [2.45, 2.75) is 32.0 Å². The molecule has 3 rings (SSSR count). The van der Waals surface area contributed by atoms with Crippen LogP contribution in [0.15, 0.2) is 24.3 Å². The van der Waals surface area contributed by atoms with E-state index in [0.717, 1.165) is 6.07 Å². The maximum Gasteiger partial charge on any atom is 0.401 e. The van der Waals surface area contributed by atoms with E-state index in [0.29, 0.717) is 29.7 Å². The molecule has 3 nitrogen and oxygen atoms in total. The zero-order valence-corrected chi connectivity index (χ0v) is 14.0. The van der Waals surface area contributed by atoms with E-state index in [1.165, 1.54) is 12.1 Å². The molecular weight excluding hydrogens is 355 g/mol. The molecule has 8 heteroatoms. The zero-order chi connectivity index (χ0) is 18.9. The van der Waals surface area contributed by atoms with E-state index >= 15 is 0 Å². The molecule has 1 aromatic carbocycles. The Balaban J connectivity index is 1.83. The highest BCUT2D eigenvalue weighted by Gasteiger charge is 2.29. The Hall–Kier alpha value is -2.22. The Bertz CT molecular complexity index is 807. The lowest BCUT2D eigenvalue weighted by Crippen LogP contribution is -2.38. The first-order valence-corrected chi connectivity index (χ1v) is 8.13. The second-order valence-corrected chi connectivity index (χ2v) is 6.24. The Labute approximate surface area is 147 Å². The van der Waals surface area contributed by atoms with E-state index in [1.54, 1.807) is 13.0 Å². The SMILES string of the molecule is Cc1cc(-c2ccc(F)cc2F)c2c(n1)OC(CNCC(F)(F)F)CC2. The van der Waals surface area contributed by atoms with Crippen LogP contribution in [0.4, 0.5) is 22.0 Å². The lowest BCUT2D eigenvalue weighted by atomic mass is 9.94. The van der Waals surface area contributed by atoms with E-state index in [-0.39, 0.29) is 18.0 Å². The summed E-state index contributed by atoms with van der Waals surface area (Å²) in [4.78, 5) is 4.29. The summed E-state index contributed by atoms with van der Waals surface area (Å²) in [6, 6.07) is 5.04. The van der Waals surface area contributed by atoms with Gasteiger partial charge in [0.15, 0.2) is 0 Å². The van der Waals surface area contributed by atoms with Gasteiger partial charge in [-0.15, -0.1) is 0 Å². The minimum atomic E-state index is -4.28. The van der Waals surface area contributed by atoms with Crippen LogP contribution in [0.5, 0.6) is 5.88 Å². The minimum absolute atomic E-state index is 0.0365. The number of benzene rings is 1. The van der Waals surface area contributed by atoms with Crippen LogP contribution in [0.2, 0.25) is 0 Å². The van der Waals surface area contributed by atoms with Gasteiger partial charge in [-0.25, -0.2) is 13.8 Å². The average molecular weight is 372 g/mol. The first-order valence-electron chi connectivity index (χ1n) is 8.13. The van der Waals surface area contributed by atoms with Gasteiger partial charge in [0.25, 0.3) is 0 Å². The normalized spacial score (nSPS) is 16.9. The number of halogens is 5. The molecule has 1 atom stereocenters. The van der Waals surface area contributed by atoms with E-state index in [9.17, 15) is 22.0 Å². The minimum Gasteiger partial charge on any atom is -0.473 e. The highest BCUT2D eigenvalue weighted by molar-refractivity contribution is 5.70. The molecule has 1 aliphatic heterocycles. The summed E-state index contributed by atoms with van der Waals surface area (Å²) < 4.78 is 69.8. The number of alkyl halides is 3. The monoisotopic (exact) mass is 372 g/mol. The van der Waals surface area contributed by atoms with E-state index in [4.69, 9.17) is 4.74 Å². The first kappa shape index (κ1) is 18.6. The number of aryl methyl sites for hydroxylation is 1. The fourth-order valence-corrected chi connectivity index (χ4v) is 3.00. The predicted octanol–water partition coefficient (Wildman–Crippen LogP) is 4.18. The number of ether oxygens (including phenoxy) is 1. The maximum atomic E-state index is 14.2. The zero-order valence-electron chi connectivity index (χ0n) is 14.0. The Morgan fingerprint density at radius 3 is 2.65 bits per heavy atom. The van der Waals surface area contributed by atoms with Gasteiger partial charge in [0, 0.05) is 29.4 Å². The molecule has 0 amide bonds. The molecule has 0 aliphatic carbocycles. The van der Waals surface area contributed by atoms with Crippen LogP contribution in [-0.2, 0) is 6.42 Å². The third-order valence-electron chi connectivity index (χ3n) is 4.13. The number of pyridine rings is 1. The lowest BCUT2D eigenvalue weighted by Gasteiger charge is -2.27. The van der Waals surface area contributed by atoms with E-state index in [2.05, 4.69) is 10.3 Å². The summed E-state index contributed by atoms with van der Waals surface area (Å²) in [7, 11) is 0. The van der Waals surface area contributed by atoms with Crippen LogP contribution >= 0.6 is 0 Å². The van der Waals surface area contributed by atoms with Crippen molar-refractivity contribution in [2.75, 3.05) is 13.1 Å². The Kier molecular flexibility index (Phi) is 5.13.